The average molecular weight is 938 g/mol. The van der Waals surface area contributed by atoms with E-state index < -0.39 is 0 Å². The van der Waals surface area contributed by atoms with E-state index >= 15 is 0 Å². The number of fused-ring (bicyclic) bond motifs is 2. The van der Waals surface area contributed by atoms with E-state index in [2.05, 4.69) is 74.0 Å². The van der Waals surface area contributed by atoms with E-state index in [1.807, 2.05) is 4.57 Å². The second-order valence-electron chi connectivity index (χ2n) is 18.2. The number of ether oxygens (including phenoxy) is 2. The molecule has 0 aromatic carbocycles. The molecule has 6 fully saturated rings. The summed E-state index contributed by atoms with van der Waals surface area (Å²) in [5, 5.41) is 10.6. The second kappa shape index (κ2) is 20.3. The van der Waals surface area contributed by atoms with E-state index in [0.717, 1.165) is 124 Å². The first-order valence-electron chi connectivity index (χ1n) is 23.7. The summed E-state index contributed by atoms with van der Waals surface area (Å²) in [5.41, 5.74) is 16.0. The number of imidazole rings is 2. The van der Waals surface area contributed by atoms with Crippen LogP contribution < -0.4 is 42.1 Å². The highest BCUT2D eigenvalue weighted by Gasteiger charge is 2.32. The number of hydrogen-bond acceptors (Lipinski definition) is 20. The average Bonchev–Trinajstić information content (AvgIpc) is 4.30. The van der Waals surface area contributed by atoms with Gasteiger partial charge in [-0.1, -0.05) is 0 Å². The molecule has 0 bridgehead atoms. The molecule has 6 aliphatic rings. The molecule has 0 unspecified atom stereocenters. The van der Waals surface area contributed by atoms with E-state index in [-0.39, 0.29) is 11.9 Å². The minimum atomic E-state index is 0.218. The molecule has 0 radical (unpaired) electrons. The summed E-state index contributed by atoms with van der Waals surface area (Å²) in [6.07, 6.45) is 11.6. The number of nitrogens with zero attached hydrogens (tertiary/aromatic N) is 15. The van der Waals surface area contributed by atoms with Gasteiger partial charge in [0, 0.05) is 115 Å². The third kappa shape index (κ3) is 10.7. The van der Waals surface area contributed by atoms with Crippen molar-refractivity contribution in [1.29, 1.82) is 0 Å². The number of piperazine rings is 2. The summed E-state index contributed by atoms with van der Waals surface area (Å²) in [4.78, 5) is 52.6. The summed E-state index contributed by atoms with van der Waals surface area (Å²) < 4.78 is 15.4. The van der Waals surface area contributed by atoms with Crippen LogP contribution in [0.25, 0.3) is 45.1 Å². The van der Waals surface area contributed by atoms with Gasteiger partial charge in [-0.25, -0.2) is 49.8 Å². The molecule has 6 aromatic rings. The van der Waals surface area contributed by atoms with Gasteiger partial charge in [0.05, 0.1) is 37.6 Å². The summed E-state index contributed by atoms with van der Waals surface area (Å²) in [5.74, 6) is 5.55. The van der Waals surface area contributed by atoms with Gasteiger partial charge in [-0.05, 0) is 63.0 Å². The van der Waals surface area contributed by atoms with E-state index in [1.165, 1.54) is 25.7 Å². The number of rotatable bonds is 9. The standard InChI is InChI=1S/C22H30N10O.C17H19ClN8O.C5H12N2/c1-14-12-31(5-4-24-14)22-27-17-19(30-6-8-33-9-7-30)28-18(16-10-25-21(23)26-11-16)29-20(17)32(22)13-15-2-3-15;18-16-22-12-14(25-3-5-27-6-4-25)23-13(11-7-20-17(19)21-8-11)24-15(12)26(16)9-10-1-2-10;1-5-4-6-2-3-7-5/h10-11,14-15,24H,2-9,12-13H2,1H3,(H2,23,25,26);7-8,10H,1-6,9H2,(H2,19,20,21);5-7H,2-4H2,1H3/t14-;;5-/m0.0/s1. The lowest BCUT2D eigenvalue weighted by Gasteiger charge is -2.32. The van der Waals surface area contributed by atoms with Crippen LogP contribution in [0.1, 0.15) is 39.5 Å². The Balaban J connectivity index is 0.000000139. The topological polar surface area (TPSA) is 255 Å². The first-order chi connectivity index (χ1) is 32.7. The maximum Gasteiger partial charge on any atom is 0.219 e. The normalized spacial score (nSPS) is 21.2. The number of halogens is 1. The Morgan fingerprint density at radius 3 is 1.58 bits per heavy atom. The van der Waals surface area contributed by atoms with E-state index in [9.17, 15) is 0 Å². The Morgan fingerprint density at radius 1 is 0.597 bits per heavy atom. The molecule has 7 N–H and O–H groups in total. The largest absolute Gasteiger partial charge is 0.378 e. The van der Waals surface area contributed by atoms with Gasteiger partial charge in [-0.2, -0.15) is 0 Å². The number of morpholine rings is 2. The zero-order valence-electron chi connectivity index (χ0n) is 38.3. The second-order valence-corrected chi connectivity index (χ2v) is 18.5. The van der Waals surface area contributed by atoms with Crippen LogP contribution in [0.15, 0.2) is 24.8 Å². The van der Waals surface area contributed by atoms with Crippen LogP contribution in [0, 0.1) is 11.8 Å². The Bertz CT molecular complexity index is 2600. The van der Waals surface area contributed by atoms with Crippen molar-refractivity contribution < 1.29 is 9.47 Å². The fourth-order valence-electron chi connectivity index (χ4n) is 8.69. The molecule has 2 aliphatic carbocycles. The lowest BCUT2D eigenvalue weighted by Crippen LogP contribution is -2.50. The van der Waals surface area contributed by atoms with Crippen molar-refractivity contribution in [2.24, 2.45) is 11.8 Å². The van der Waals surface area contributed by atoms with E-state index in [4.69, 9.17) is 57.5 Å². The highest BCUT2D eigenvalue weighted by Crippen LogP contribution is 2.38. The van der Waals surface area contributed by atoms with Crippen LogP contribution in [0.5, 0.6) is 0 Å². The molecule has 0 amide bonds. The number of nitrogens with one attached hydrogen (secondary N) is 3. The van der Waals surface area contributed by atoms with Crippen molar-refractivity contribution >= 4 is 63.4 Å². The molecule has 4 saturated heterocycles. The van der Waals surface area contributed by atoms with Crippen molar-refractivity contribution in [3.05, 3.63) is 30.1 Å². The SMILES string of the molecule is C[C@H]1CN(c2nc3c(N4CCOCC4)nc(-c4cnc(N)nc4)nc3n2CC2CC2)CCN1.C[C@H]1CNCCN1.Nc1ncc(-c2nc(N3CCOCC3)c3nc(Cl)n(CC4CC4)c3n2)cn1. The van der Waals surface area contributed by atoms with Gasteiger partial charge >= 0.3 is 0 Å². The Morgan fingerprint density at radius 2 is 1.10 bits per heavy atom. The maximum atomic E-state index is 6.47. The summed E-state index contributed by atoms with van der Waals surface area (Å²) in [7, 11) is 0. The fourth-order valence-corrected chi connectivity index (χ4v) is 8.92. The predicted octanol–water partition coefficient (Wildman–Crippen LogP) is 2.24. The van der Waals surface area contributed by atoms with Crippen LogP contribution >= 0.6 is 11.6 Å². The highest BCUT2D eigenvalue weighted by atomic mass is 35.5. The van der Waals surface area contributed by atoms with Crippen LogP contribution in [0.2, 0.25) is 5.28 Å². The van der Waals surface area contributed by atoms with Gasteiger partial charge < -0.3 is 51.6 Å². The minimum absolute atomic E-state index is 0.218. The molecule has 4 aliphatic heterocycles. The molecule has 67 heavy (non-hydrogen) atoms. The molecule has 2 atom stereocenters. The van der Waals surface area contributed by atoms with Crippen molar-refractivity contribution in [3.8, 4) is 22.8 Å². The first-order valence-corrected chi connectivity index (χ1v) is 24.1. The summed E-state index contributed by atoms with van der Waals surface area (Å²) in [6, 6.07) is 1.09. The third-order valence-corrected chi connectivity index (χ3v) is 13.0. The van der Waals surface area contributed by atoms with Gasteiger partial charge in [-0.15, -0.1) is 0 Å². The highest BCUT2D eigenvalue weighted by molar-refractivity contribution is 6.29. The minimum Gasteiger partial charge on any atom is -0.378 e. The molecular formula is C44H61ClN20O2. The van der Waals surface area contributed by atoms with Gasteiger partial charge in [0.1, 0.15) is 0 Å². The molecular weight excluding hydrogens is 876 g/mol. The zero-order chi connectivity index (χ0) is 45.9. The van der Waals surface area contributed by atoms with E-state index in [0.29, 0.717) is 72.8 Å². The molecule has 0 spiro atoms. The van der Waals surface area contributed by atoms with Crippen molar-refractivity contribution in [3.63, 3.8) is 0 Å². The maximum absolute atomic E-state index is 6.47. The van der Waals surface area contributed by atoms with Crippen LogP contribution in [-0.2, 0) is 22.6 Å². The van der Waals surface area contributed by atoms with Crippen molar-refractivity contribution in [2.45, 2.75) is 64.7 Å². The quantitative estimate of drug-likeness (QED) is 0.130. The van der Waals surface area contributed by atoms with Gasteiger partial charge in [0.15, 0.2) is 45.6 Å². The molecule has 23 heteroatoms. The lowest BCUT2D eigenvalue weighted by molar-refractivity contribution is 0.122. The Hall–Kier alpha value is -5.65. The molecule has 356 valence electrons. The van der Waals surface area contributed by atoms with Crippen LogP contribution in [0.3, 0.4) is 0 Å². The summed E-state index contributed by atoms with van der Waals surface area (Å²) in [6.45, 7) is 18.1. The van der Waals surface area contributed by atoms with E-state index in [1.54, 1.807) is 24.8 Å². The molecule has 2 saturated carbocycles. The van der Waals surface area contributed by atoms with Crippen molar-refractivity contribution in [1.82, 2.24) is 74.9 Å². The fraction of sp³-hybridized carbons (Fsp3) is 0.591. The number of hydrogen-bond donors (Lipinski definition) is 5. The molecule has 10 heterocycles. The first kappa shape index (κ1) is 45.1. The molecule has 6 aromatic heterocycles. The number of aromatic nitrogens is 12. The van der Waals surface area contributed by atoms with Gasteiger partial charge in [-0.3, -0.25) is 9.13 Å². The Kier molecular flexibility index (Phi) is 13.7. The van der Waals surface area contributed by atoms with Crippen molar-refractivity contribution in [2.75, 3.05) is 118 Å². The monoisotopic (exact) mass is 936 g/mol. The van der Waals surface area contributed by atoms with Gasteiger partial charge in [0.25, 0.3) is 0 Å². The van der Waals surface area contributed by atoms with Gasteiger partial charge in [0.2, 0.25) is 23.1 Å². The molecule has 22 nitrogen and oxygen atoms in total. The van der Waals surface area contributed by atoms with Crippen LogP contribution in [-0.4, -0.2) is 163 Å². The lowest BCUT2D eigenvalue weighted by atomic mass is 10.2. The summed E-state index contributed by atoms with van der Waals surface area (Å²) >= 11 is 6.47. The Labute approximate surface area is 394 Å². The van der Waals surface area contributed by atoms with Crippen LogP contribution in [0.4, 0.5) is 29.5 Å². The number of anilines is 5. The smallest absolute Gasteiger partial charge is 0.219 e. The predicted molar refractivity (Wildman–Crippen MR) is 258 cm³/mol. The number of nitrogen functional groups attached to an aromatic ring is 2. The third-order valence-electron chi connectivity index (χ3n) is 12.7. The molecule has 12 rings (SSSR count). The zero-order valence-corrected chi connectivity index (χ0v) is 39.1. The number of nitrogens with two attached hydrogens (primary N) is 2.